The number of morpholine rings is 1. The third-order valence-electron chi connectivity index (χ3n) is 5.02. The van der Waals surface area contributed by atoms with E-state index in [-0.39, 0.29) is 29.3 Å². The highest BCUT2D eigenvalue weighted by Crippen LogP contribution is 2.31. The highest BCUT2D eigenvalue weighted by molar-refractivity contribution is 7.89. The van der Waals surface area contributed by atoms with E-state index in [0.717, 1.165) is 12.8 Å². The van der Waals surface area contributed by atoms with Crippen LogP contribution in [-0.4, -0.2) is 57.5 Å². The predicted octanol–water partition coefficient (Wildman–Crippen LogP) is 1.16. The molecule has 2 fully saturated rings. The standard InChI is InChI=1S/C18H27N3O4S.ClH/c1-2-13-3-6-15(18(22)20-12-16(19)14-4-5-14)11-17(13)26(23,24)21-7-9-25-10-8-21;/h3,6,11,14,16H,2,4-5,7-10,12,19H2,1H3,(H,20,22);1H. The van der Waals surface area contributed by atoms with Crippen molar-refractivity contribution in [3.05, 3.63) is 29.3 Å². The second-order valence-electron chi connectivity index (χ2n) is 6.90. The molecular weight excluding hydrogens is 390 g/mol. The lowest BCUT2D eigenvalue weighted by Crippen LogP contribution is -2.41. The Labute approximate surface area is 167 Å². The smallest absolute Gasteiger partial charge is 0.251 e. The Bertz CT molecular complexity index is 762. The van der Waals surface area contributed by atoms with Gasteiger partial charge in [0.2, 0.25) is 10.0 Å². The molecule has 3 rings (SSSR count). The van der Waals surface area contributed by atoms with Crippen LogP contribution in [0.15, 0.2) is 23.1 Å². The fourth-order valence-electron chi connectivity index (χ4n) is 3.16. The Hall–Kier alpha value is -1.19. The summed E-state index contributed by atoms with van der Waals surface area (Å²) in [4.78, 5) is 12.7. The van der Waals surface area contributed by atoms with Crippen molar-refractivity contribution < 1.29 is 17.9 Å². The molecule has 0 bridgehead atoms. The number of carbonyl (C=O) groups excluding carboxylic acids is 1. The van der Waals surface area contributed by atoms with Crippen molar-refractivity contribution in [2.24, 2.45) is 11.7 Å². The zero-order valence-corrected chi connectivity index (χ0v) is 17.2. The summed E-state index contributed by atoms with van der Waals surface area (Å²) in [6.45, 7) is 3.75. The molecule has 2 aliphatic rings. The third-order valence-corrected chi connectivity index (χ3v) is 7.00. The third kappa shape index (κ3) is 5.20. The normalized spacial score (nSPS) is 19.2. The quantitative estimate of drug-likeness (QED) is 0.693. The number of benzene rings is 1. The van der Waals surface area contributed by atoms with Gasteiger partial charge < -0.3 is 15.8 Å². The second-order valence-corrected chi connectivity index (χ2v) is 8.81. The topological polar surface area (TPSA) is 102 Å². The number of sulfonamides is 1. The number of hydrogen-bond acceptors (Lipinski definition) is 5. The van der Waals surface area contributed by atoms with Crippen LogP contribution in [0.5, 0.6) is 0 Å². The number of carbonyl (C=O) groups is 1. The Kier molecular flexibility index (Phi) is 7.64. The molecule has 0 aromatic heterocycles. The van der Waals surface area contributed by atoms with Gasteiger partial charge in [0.25, 0.3) is 5.91 Å². The van der Waals surface area contributed by atoms with Gasteiger partial charge in [-0.05, 0) is 42.9 Å². The first kappa shape index (κ1) is 22.1. The number of nitrogens with zero attached hydrogens (tertiary/aromatic N) is 1. The van der Waals surface area contributed by atoms with Crippen molar-refractivity contribution in [2.75, 3.05) is 32.8 Å². The molecule has 1 aromatic carbocycles. The number of nitrogens with two attached hydrogens (primary N) is 1. The summed E-state index contributed by atoms with van der Waals surface area (Å²) in [5, 5.41) is 2.82. The molecule has 1 amide bonds. The van der Waals surface area contributed by atoms with Gasteiger partial charge in [-0.2, -0.15) is 4.31 Å². The van der Waals surface area contributed by atoms with Gasteiger partial charge >= 0.3 is 0 Å². The Morgan fingerprint density at radius 2 is 2.00 bits per heavy atom. The molecule has 7 nitrogen and oxygen atoms in total. The SMILES string of the molecule is CCc1ccc(C(=O)NCC(N)C2CC2)cc1S(=O)(=O)N1CCOCC1.Cl. The van der Waals surface area contributed by atoms with Crippen molar-refractivity contribution in [3.8, 4) is 0 Å². The van der Waals surface area contributed by atoms with E-state index in [4.69, 9.17) is 10.5 Å². The molecule has 1 unspecified atom stereocenters. The average Bonchev–Trinajstić information content (AvgIpc) is 3.51. The highest BCUT2D eigenvalue weighted by Gasteiger charge is 2.30. The van der Waals surface area contributed by atoms with Crippen LogP contribution >= 0.6 is 12.4 Å². The fraction of sp³-hybridized carbons (Fsp3) is 0.611. The second kappa shape index (κ2) is 9.34. The maximum atomic E-state index is 13.0. The molecule has 27 heavy (non-hydrogen) atoms. The van der Waals surface area contributed by atoms with E-state index in [1.54, 1.807) is 12.1 Å². The maximum Gasteiger partial charge on any atom is 0.251 e. The minimum atomic E-state index is -3.65. The molecule has 1 saturated carbocycles. The molecule has 0 spiro atoms. The maximum absolute atomic E-state index is 13.0. The van der Waals surface area contributed by atoms with Gasteiger partial charge in [-0.3, -0.25) is 4.79 Å². The van der Waals surface area contributed by atoms with Crippen LogP contribution in [0.2, 0.25) is 0 Å². The van der Waals surface area contributed by atoms with Gasteiger partial charge in [-0.1, -0.05) is 13.0 Å². The van der Waals surface area contributed by atoms with E-state index >= 15 is 0 Å². The van der Waals surface area contributed by atoms with E-state index in [2.05, 4.69) is 5.32 Å². The van der Waals surface area contributed by atoms with Crippen LogP contribution in [0.25, 0.3) is 0 Å². The summed E-state index contributed by atoms with van der Waals surface area (Å²) in [6.07, 6.45) is 2.81. The van der Waals surface area contributed by atoms with Crippen molar-refractivity contribution in [1.29, 1.82) is 0 Å². The average molecular weight is 418 g/mol. The van der Waals surface area contributed by atoms with Crippen LogP contribution in [-0.2, 0) is 21.2 Å². The van der Waals surface area contributed by atoms with Crippen LogP contribution in [0.1, 0.15) is 35.7 Å². The van der Waals surface area contributed by atoms with Crippen LogP contribution in [0, 0.1) is 5.92 Å². The molecule has 9 heteroatoms. The van der Waals surface area contributed by atoms with Crippen molar-refractivity contribution in [3.63, 3.8) is 0 Å². The van der Waals surface area contributed by atoms with Gasteiger partial charge in [0.15, 0.2) is 0 Å². The monoisotopic (exact) mass is 417 g/mol. The highest BCUT2D eigenvalue weighted by atomic mass is 35.5. The number of rotatable bonds is 7. The van der Waals surface area contributed by atoms with Crippen molar-refractivity contribution >= 4 is 28.3 Å². The fourth-order valence-corrected chi connectivity index (χ4v) is 4.89. The van der Waals surface area contributed by atoms with Crippen LogP contribution in [0.3, 0.4) is 0 Å². The lowest BCUT2D eigenvalue weighted by Gasteiger charge is -2.27. The molecular formula is C18H28ClN3O4S. The Morgan fingerprint density at radius 3 is 2.59 bits per heavy atom. The molecule has 1 aromatic rings. The Morgan fingerprint density at radius 1 is 1.33 bits per heavy atom. The van der Waals surface area contributed by atoms with Gasteiger partial charge in [-0.25, -0.2) is 8.42 Å². The first-order chi connectivity index (χ1) is 12.4. The summed E-state index contributed by atoms with van der Waals surface area (Å²) in [6, 6.07) is 4.85. The summed E-state index contributed by atoms with van der Waals surface area (Å²) in [5.41, 5.74) is 7.07. The lowest BCUT2D eigenvalue weighted by molar-refractivity contribution is 0.0730. The van der Waals surface area contributed by atoms with E-state index < -0.39 is 10.0 Å². The number of ether oxygens (including phenoxy) is 1. The van der Waals surface area contributed by atoms with E-state index in [1.807, 2.05) is 6.92 Å². The van der Waals surface area contributed by atoms with Crippen LogP contribution in [0.4, 0.5) is 0 Å². The molecule has 1 aliphatic heterocycles. The number of nitrogens with one attached hydrogen (secondary N) is 1. The van der Waals surface area contributed by atoms with Gasteiger partial charge in [-0.15, -0.1) is 12.4 Å². The minimum absolute atomic E-state index is 0. The minimum Gasteiger partial charge on any atom is -0.379 e. The largest absolute Gasteiger partial charge is 0.379 e. The summed E-state index contributed by atoms with van der Waals surface area (Å²) >= 11 is 0. The number of hydrogen-bond donors (Lipinski definition) is 2. The Balaban J connectivity index is 0.00000261. The van der Waals surface area contributed by atoms with Crippen LogP contribution < -0.4 is 11.1 Å². The van der Waals surface area contributed by atoms with E-state index in [9.17, 15) is 13.2 Å². The first-order valence-corrected chi connectivity index (χ1v) is 10.6. The first-order valence-electron chi connectivity index (χ1n) is 9.18. The summed E-state index contributed by atoms with van der Waals surface area (Å²) in [7, 11) is -3.65. The summed E-state index contributed by atoms with van der Waals surface area (Å²) < 4.78 is 32.7. The molecule has 1 heterocycles. The van der Waals surface area contributed by atoms with E-state index in [0.29, 0.717) is 56.3 Å². The zero-order chi connectivity index (χ0) is 18.7. The molecule has 152 valence electrons. The molecule has 3 N–H and O–H groups in total. The van der Waals surface area contributed by atoms with Crippen molar-refractivity contribution in [1.82, 2.24) is 9.62 Å². The predicted molar refractivity (Wildman–Crippen MR) is 106 cm³/mol. The van der Waals surface area contributed by atoms with Gasteiger partial charge in [0.1, 0.15) is 0 Å². The molecule has 0 radical (unpaired) electrons. The number of halogens is 1. The molecule has 1 aliphatic carbocycles. The molecule has 1 atom stereocenters. The number of aryl methyl sites for hydroxylation is 1. The molecule has 1 saturated heterocycles. The van der Waals surface area contributed by atoms with Crippen molar-refractivity contribution in [2.45, 2.75) is 37.1 Å². The van der Waals surface area contributed by atoms with Gasteiger partial charge in [0, 0.05) is 31.2 Å². The van der Waals surface area contributed by atoms with E-state index in [1.165, 1.54) is 10.4 Å². The number of amides is 1. The zero-order valence-electron chi connectivity index (χ0n) is 15.5. The summed E-state index contributed by atoms with van der Waals surface area (Å²) in [5.74, 6) is 0.206. The lowest BCUT2D eigenvalue weighted by atomic mass is 10.1. The van der Waals surface area contributed by atoms with Gasteiger partial charge in [0.05, 0.1) is 18.1 Å².